The van der Waals surface area contributed by atoms with Crippen LogP contribution < -0.4 is 9.80 Å². The molecule has 28 heavy (non-hydrogen) atoms. The minimum absolute atomic E-state index is 0.0442. The minimum atomic E-state index is -3.76. The Morgan fingerprint density at radius 3 is 2.61 bits per heavy atom. The second kappa shape index (κ2) is 8.21. The van der Waals surface area contributed by atoms with Crippen molar-refractivity contribution < 1.29 is 18.2 Å². The zero-order chi connectivity index (χ0) is 20.3. The number of sulfonamides is 1. The molecule has 2 heterocycles. The predicted molar refractivity (Wildman–Crippen MR) is 105 cm³/mol. The molecule has 150 valence electrons. The second-order valence-corrected chi connectivity index (χ2v) is 8.92. The largest absolute Gasteiger partial charge is 0.365 e. The number of hydrogen-bond acceptors (Lipinski definition) is 6. The second-order valence-electron chi connectivity index (χ2n) is 6.99. The number of nitro groups is 1. The number of nitrogens with zero attached hydrogens (tertiary/aromatic N) is 4. The summed E-state index contributed by atoms with van der Waals surface area (Å²) in [4.78, 5) is 18.1. The quantitative estimate of drug-likeness (QED) is 0.541. The van der Waals surface area contributed by atoms with Crippen LogP contribution in [0.4, 0.5) is 11.4 Å². The molecule has 3 rings (SSSR count). The lowest BCUT2D eigenvalue weighted by Gasteiger charge is -2.29. The van der Waals surface area contributed by atoms with Gasteiger partial charge in [0.1, 0.15) is 5.69 Å². The fourth-order valence-corrected chi connectivity index (χ4v) is 4.70. The van der Waals surface area contributed by atoms with Crippen LogP contribution in [0.1, 0.15) is 5.56 Å². The fourth-order valence-electron chi connectivity index (χ4n) is 3.24. The molecule has 0 radical (unpaired) electrons. The highest BCUT2D eigenvalue weighted by Gasteiger charge is 2.31. The van der Waals surface area contributed by atoms with Crippen LogP contribution in [0, 0.1) is 10.1 Å². The summed E-state index contributed by atoms with van der Waals surface area (Å²) in [5, 5.41) is 11.6. The summed E-state index contributed by atoms with van der Waals surface area (Å²) in [7, 11) is -0.0113. The number of nitro benzene ring substituents is 1. The number of anilines is 1. The Morgan fingerprint density at radius 1 is 1.29 bits per heavy atom. The molecule has 0 unspecified atom stereocenters. The first-order valence-electron chi connectivity index (χ1n) is 8.99. The number of pyridine rings is 1. The topological polar surface area (TPSA) is 101 Å². The Hall–Kier alpha value is -2.56. The number of nitrogens with one attached hydrogen (secondary N) is 1. The molecule has 1 aliphatic heterocycles. The monoisotopic (exact) mass is 406 g/mol. The third kappa shape index (κ3) is 4.29. The number of hydrogen-bond donors (Lipinski definition) is 1. The molecule has 0 atom stereocenters. The van der Waals surface area contributed by atoms with Gasteiger partial charge in [0.2, 0.25) is 10.0 Å². The molecule has 1 aliphatic rings. The highest BCUT2D eigenvalue weighted by Crippen LogP contribution is 2.32. The molecule has 9 nitrogen and oxygen atoms in total. The summed E-state index contributed by atoms with van der Waals surface area (Å²) in [5.41, 5.74) is 1.03. The highest BCUT2D eigenvalue weighted by molar-refractivity contribution is 7.89. The lowest BCUT2D eigenvalue weighted by atomic mass is 10.2. The van der Waals surface area contributed by atoms with Gasteiger partial charge in [0.25, 0.3) is 5.69 Å². The number of quaternary nitrogens is 1. The molecule has 0 spiro atoms. The van der Waals surface area contributed by atoms with Gasteiger partial charge in [-0.25, -0.2) is 8.42 Å². The van der Waals surface area contributed by atoms with E-state index in [1.54, 1.807) is 30.4 Å². The van der Waals surface area contributed by atoms with E-state index >= 15 is 0 Å². The van der Waals surface area contributed by atoms with Crippen molar-refractivity contribution in [3.63, 3.8) is 0 Å². The lowest BCUT2D eigenvalue weighted by molar-refractivity contribution is -0.883. The molecule has 1 N–H and O–H groups in total. The Morgan fingerprint density at radius 2 is 2.00 bits per heavy atom. The van der Waals surface area contributed by atoms with Gasteiger partial charge in [-0.05, 0) is 23.8 Å². The number of benzene rings is 1. The summed E-state index contributed by atoms with van der Waals surface area (Å²) < 4.78 is 27.2. The van der Waals surface area contributed by atoms with Gasteiger partial charge in [0.15, 0.2) is 0 Å². The molecule has 0 aliphatic carbocycles. The smallest absolute Gasteiger partial charge is 0.293 e. The number of piperazine rings is 1. The van der Waals surface area contributed by atoms with Gasteiger partial charge in [0, 0.05) is 32.1 Å². The van der Waals surface area contributed by atoms with Gasteiger partial charge >= 0.3 is 0 Å². The first kappa shape index (κ1) is 20.2. The average Bonchev–Trinajstić information content (AvgIpc) is 2.68. The maximum atomic E-state index is 12.9. The van der Waals surface area contributed by atoms with E-state index in [9.17, 15) is 18.5 Å². The normalized spacial score (nSPS) is 16.1. The van der Waals surface area contributed by atoms with Crippen LogP contribution in [-0.4, -0.2) is 62.9 Å². The molecular formula is C18H24N5O4S+. The molecule has 1 fully saturated rings. The Bertz CT molecular complexity index is 944. The van der Waals surface area contributed by atoms with Crippen molar-refractivity contribution in [1.82, 2.24) is 9.29 Å². The Kier molecular flexibility index (Phi) is 5.92. The summed E-state index contributed by atoms with van der Waals surface area (Å²) in [5.74, 6) is 0. The Labute approximate surface area is 164 Å². The van der Waals surface area contributed by atoms with E-state index in [1.807, 2.05) is 13.1 Å². The average molecular weight is 406 g/mol. The third-order valence-electron chi connectivity index (χ3n) is 4.91. The van der Waals surface area contributed by atoms with Crippen molar-refractivity contribution in [2.75, 3.05) is 45.2 Å². The fraction of sp³-hybridized carbons (Fsp3) is 0.389. The summed E-state index contributed by atoms with van der Waals surface area (Å²) in [6.07, 6.45) is 3.35. The van der Waals surface area contributed by atoms with Crippen molar-refractivity contribution in [1.29, 1.82) is 0 Å². The number of rotatable bonds is 6. The number of likely N-dealkylation sites (N-methyl/N-ethyl adjacent to an activating group) is 1. The highest BCUT2D eigenvalue weighted by atomic mass is 32.2. The maximum absolute atomic E-state index is 12.9. The summed E-state index contributed by atoms with van der Waals surface area (Å²) in [6, 6.07) is 7.79. The van der Waals surface area contributed by atoms with Crippen molar-refractivity contribution in [3.8, 4) is 0 Å². The molecule has 1 aromatic heterocycles. The van der Waals surface area contributed by atoms with E-state index < -0.39 is 14.9 Å². The van der Waals surface area contributed by atoms with Crippen molar-refractivity contribution in [2.45, 2.75) is 11.4 Å². The van der Waals surface area contributed by atoms with Gasteiger partial charge in [0.05, 0.1) is 43.0 Å². The van der Waals surface area contributed by atoms with Crippen LogP contribution >= 0.6 is 0 Å². The van der Waals surface area contributed by atoms with Crippen LogP contribution in [-0.2, 0) is 16.6 Å². The van der Waals surface area contributed by atoms with Gasteiger partial charge in [-0.2, -0.15) is 4.31 Å². The van der Waals surface area contributed by atoms with E-state index in [-0.39, 0.29) is 10.6 Å². The zero-order valence-corrected chi connectivity index (χ0v) is 16.7. The molecule has 1 saturated heterocycles. The molecule has 2 aromatic rings. The van der Waals surface area contributed by atoms with Gasteiger partial charge in [-0.3, -0.25) is 15.1 Å². The molecule has 10 heteroatoms. The first-order valence-corrected chi connectivity index (χ1v) is 10.4. The van der Waals surface area contributed by atoms with Gasteiger partial charge < -0.3 is 9.80 Å². The number of aromatic nitrogens is 1. The van der Waals surface area contributed by atoms with Gasteiger partial charge in [-0.15, -0.1) is 0 Å². The molecular weight excluding hydrogens is 382 g/mol. The minimum Gasteiger partial charge on any atom is -0.365 e. The molecule has 0 amide bonds. The van der Waals surface area contributed by atoms with E-state index in [0.717, 1.165) is 11.6 Å². The van der Waals surface area contributed by atoms with Crippen LogP contribution in [0.3, 0.4) is 0 Å². The van der Waals surface area contributed by atoms with Crippen LogP contribution in [0.15, 0.2) is 47.6 Å². The van der Waals surface area contributed by atoms with Crippen molar-refractivity contribution in [3.05, 3.63) is 58.4 Å². The third-order valence-corrected chi connectivity index (χ3v) is 6.81. The van der Waals surface area contributed by atoms with E-state index in [4.69, 9.17) is 0 Å². The molecule has 1 aromatic carbocycles. The Balaban J connectivity index is 1.89. The SMILES string of the molecule is CN(Cc1cccnc1)c1ccc(S(=O)(=O)N2CC[NH+](C)CC2)cc1[N+](=O)[O-]. The van der Waals surface area contributed by atoms with E-state index in [1.165, 1.54) is 21.3 Å². The molecule has 0 bridgehead atoms. The maximum Gasteiger partial charge on any atom is 0.293 e. The zero-order valence-electron chi connectivity index (χ0n) is 15.9. The predicted octanol–water partition coefficient (Wildman–Crippen LogP) is 0.145. The van der Waals surface area contributed by atoms with Crippen LogP contribution in [0.25, 0.3) is 0 Å². The van der Waals surface area contributed by atoms with Crippen molar-refractivity contribution >= 4 is 21.4 Å². The van der Waals surface area contributed by atoms with Crippen LogP contribution in [0.2, 0.25) is 0 Å². The van der Waals surface area contributed by atoms with E-state index in [2.05, 4.69) is 4.98 Å². The first-order chi connectivity index (χ1) is 13.3. The standard InChI is InChI=1S/C18H23N5O4S/c1-20-8-10-22(11-9-20)28(26,27)16-5-6-17(18(12-16)23(24)25)21(2)14-15-4-3-7-19-13-15/h3-7,12-13H,8-11,14H2,1-2H3/p+1. The van der Waals surface area contributed by atoms with E-state index in [0.29, 0.717) is 38.4 Å². The summed E-state index contributed by atoms with van der Waals surface area (Å²) in [6.45, 7) is 2.66. The molecule has 0 saturated carbocycles. The van der Waals surface area contributed by atoms with Crippen LogP contribution in [0.5, 0.6) is 0 Å². The lowest BCUT2D eigenvalue weighted by Crippen LogP contribution is -3.12. The van der Waals surface area contributed by atoms with Crippen molar-refractivity contribution in [2.24, 2.45) is 0 Å². The van der Waals surface area contributed by atoms with Gasteiger partial charge in [-0.1, -0.05) is 6.07 Å². The summed E-state index contributed by atoms with van der Waals surface area (Å²) >= 11 is 0.